The molecular weight excluding hydrogens is 260 g/mol. The van der Waals surface area contributed by atoms with E-state index in [-0.39, 0.29) is 5.78 Å². The molecule has 1 nitrogen and oxygen atoms in total. The number of rotatable bonds is 4. The molecule has 0 amide bonds. The van der Waals surface area contributed by atoms with Gasteiger partial charge in [-0.25, -0.2) is 0 Å². The van der Waals surface area contributed by atoms with Crippen LogP contribution in [0.25, 0.3) is 6.08 Å². The number of carbonyl (C=O) groups excluding carboxylic acids is 1. The first-order chi connectivity index (χ1) is 8.75. The maximum Gasteiger partial charge on any atom is 0.160 e. The molecule has 0 unspecified atom stereocenters. The zero-order valence-electron chi connectivity index (χ0n) is 10.6. The Hall–Kier alpha value is -0.670. The molecule has 96 valence electrons. The number of carbonyl (C=O) groups is 1. The maximum atomic E-state index is 12.1. The van der Waals surface area contributed by atoms with E-state index >= 15 is 0 Å². The number of Topliss-reactive ketones (excluding diaryl/α,β-unsaturated/α-hetero) is 1. The van der Waals surface area contributed by atoms with Crippen molar-refractivity contribution in [2.45, 2.75) is 24.3 Å². The van der Waals surface area contributed by atoms with Gasteiger partial charge in [0.05, 0.1) is 4.58 Å². The summed E-state index contributed by atoms with van der Waals surface area (Å²) in [6, 6.07) is 10.0. The lowest BCUT2D eigenvalue weighted by Crippen LogP contribution is -2.13. The van der Waals surface area contributed by atoms with Crippen molar-refractivity contribution >= 4 is 35.4 Å². The van der Waals surface area contributed by atoms with Crippen molar-refractivity contribution in [3.05, 3.63) is 41.5 Å². The van der Waals surface area contributed by atoms with Gasteiger partial charge in [-0.05, 0) is 42.1 Å². The molecule has 0 aliphatic carbocycles. The van der Waals surface area contributed by atoms with E-state index in [2.05, 4.69) is 0 Å². The van der Waals surface area contributed by atoms with Gasteiger partial charge in [-0.15, -0.1) is 23.5 Å². The Morgan fingerprint density at radius 3 is 2.61 bits per heavy atom. The van der Waals surface area contributed by atoms with Gasteiger partial charge in [0.15, 0.2) is 5.78 Å². The minimum atomic E-state index is 0.283. The third-order valence-corrected chi connectivity index (χ3v) is 5.81. The van der Waals surface area contributed by atoms with Crippen LogP contribution in [0, 0.1) is 0 Å². The van der Waals surface area contributed by atoms with Crippen molar-refractivity contribution in [3.63, 3.8) is 0 Å². The molecule has 0 bridgehead atoms. The largest absolute Gasteiger partial charge is 0.294 e. The van der Waals surface area contributed by atoms with Gasteiger partial charge in [0.1, 0.15) is 0 Å². The molecule has 1 aromatic carbocycles. The molecule has 2 rings (SSSR count). The summed E-state index contributed by atoms with van der Waals surface area (Å²) in [5, 5.41) is 0. The second-order valence-corrected chi connectivity index (χ2v) is 7.31. The van der Waals surface area contributed by atoms with Crippen molar-refractivity contribution in [1.82, 2.24) is 0 Å². The molecule has 3 heteroatoms. The summed E-state index contributed by atoms with van der Waals surface area (Å²) in [7, 11) is 0. The van der Waals surface area contributed by atoms with Crippen LogP contribution in [0.5, 0.6) is 0 Å². The molecule has 0 atom stereocenters. The highest BCUT2D eigenvalue weighted by molar-refractivity contribution is 8.17. The lowest BCUT2D eigenvalue weighted by atomic mass is 10.1. The highest BCUT2D eigenvalue weighted by atomic mass is 32.2. The molecule has 1 aliphatic heterocycles. The minimum absolute atomic E-state index is 0.283. The number of ketones is 1. The van der Waals surface area contributed by atoms with Gasteiger partial charge in [0.2, 0.25) is 0 Å². The van der Waals surface area contributed by atoms with Crippen LogP contribution in [-0.2, 0) is 4.79 Å². The summed E-state index contributed by atoms with van der Waals surface area (Å²) in [5.74, 6) is 2.68. The molecule has 1 aromatic rings. The van der Waals surface area contributed by atoms with Crippen molar-refractivity contribution in [2.75, 3.05) is 11.5 Å². The van der Waals surface area contributed by atoms with Gasteiger partial charge in [-0.1, -0.05) is 30.3 Å². The first-order valence-electron chi connectivity index (χ1n) is 6.25. The average Bonchev–Trinajstić information content (AvgIpc) is 2.41. The van der Waals surface area contributed by atoms with Crippen LogP contribution in [0.4, 0.5) is 0 Å². The zero-order chi connectivity index (χ0) is 12.8. The Kier molecular flexibility index (Phi) is 5.39. The minimum Gasteiger partial charge on any atom is -0.294 e. The fourth-order valence-electron chi connectivity index (χ4n) is 1.85. The molecular formula is C15H18OS2. The standard InChI is InChI=1S/C15H18OS2/c1-12(10-13-6-3-2-4-7-13)14(16)11-15-17-8-5-9-18-15/h2-4,6-7,10,15H,5,8-9,11H2,1H3. The van der Waals surface area contributed by atoms with Crippen LogP contribution < -0.4 is 0 Å². The summed E-state index contributed by atoms with van der Waals surface area (Å²) in [5.41, 5.74) is 1.97. The molecule has 1 aliphatic rings. The van der Waals surface area contributed by atoms with E-state index in [0.29, 0.717) is 11.0 Å². The molecule has 0 saturated carbocycles. The number of thioether (sulfide) groups is 2. The summed E-state index contributed by atoms with van der Waals surface area (Å²) >= 11 is 3.86. The van der Waals surface area contributed by atoms with E-state index in [0.717, 1.165) is 11.1 Å². The summed E-state index contributed by atoms with van der Waals surface area (Å²) in [4.78, 5) is 12.1. The first-order valence-corrected chi connectivity index (χ1v) is 8.35. The number of hydrogen-bond donors (Lipinski definition) is 0. The third kappa shape index (κ3) is 4.21. The topological polar surface area (TPSA) is 17.1 Å². The van der Waals surface area contributed by atoms with Gasteiger partial charge < -0.3 is 0 Å². The zero-order valence-corrected chi connectivity index (χ0v) is 12.2. The van der Waals surface area contributed by atoms with Crippen molar-refractivity contribution in [1.29, 1.82) is 0 Å². The molecule has 1 fully saturated rings. The molecule has 1 saturated heterocycles. The summed E-state index contributed by atoms with van der Waals surface area (Å²) in [6.45, 7) is 1.92. The number of benzene rings is 1. The summed E-state index contributed by atoms with van der Waals surface area (Å²) < 4.78 is 0.463. The van der Waals surface area contributed by atoms with Gasteiger partial charge >= 0.3 is 0 Å². The Balaban J connectivity index is 1.93. The lowest BCUT2D eigenvalue weighted by molar-refractivity contribution is -0.115. The molecule has 0 radical (unpaired) electrons. The van der Waals surface area contributed by atoms with Crippen molar-refractivity contribution in [2.24, 2.45) is 0 Å². The normalized spacial score (nSPS) is 17.7. The van der Waals surface area contributed by atoms with Gasteiger partial charge in [-0.2, -0.15) is 0 Å². The van der Waals surface area contributed by atoms with E-state index in [4.69, 9.17) is 0 Å². The number of hydrogen-bond acceptors (Lipinski definition) is 3. The van der Waals surface area contributed by atoms with Gasteiger partial charge in [-0.3, -0.25) is 4.79 Å². The van der Waals surface area contributed by atoms with E-state index in [1.807, 2.05) is 66.9 Å². The Morgan fingerprint density at radius 1 is 1.28 bits per heavy atom. The Labute approximate surface area is 117 Å². The highest BCUT2D eigenvalue weighted by Crippen LogP contribution is 2.33. The lowest BCUT2D eigenvalue weighted by Gasteiger charge is -2.20. The molecule has 0 spiro atoms. The van der Waals surface area contributed by atoms with E-state index in [1.54, 1.807) is 0 Å². The quantitative estimate of drug-likeness (QED) is 0.767. The fraction of sp³-hybridized carbons (Fsp3) is 0.400. The van der Waals surface area contributed by atoms with Crippen molar-refractivity contribution < 1.29 is 4.79 Å². The van der Waals surface area contributed by atoms with Crippen LogP contribution in [0.3, 0.4) is 0 Å². The number of allylic oxidation sites excluding steroid dienone is 1. The van der Waals surface area contributed by atoms with Crippen LogP contribution in [0.1, 0.15) is 25.3 Å². The van der Waals surface area contributed by atoms with Crippen LogP contribution in [0.2, 0.25) is 0 Å². The van der Waals surface area contributed by atoms with E-state index in [9.17, 15) is 4.79 Å². The predicted octanol–water partition coefficient (Wildman–Crippen LogP) is 4.25. The van der Waals surface area contributed by atoms with E-state index in [1.165, 1.54) is 17.9 Å². The second-order valence-electron chi connectivity index (χ2n) is 4.39. The van der Waals surface area contributed by atoms with Crippen molar-refractivity contribution in [3.8, 4) is 0 Å². The molecule has 0 N–H and O–H groups in total. The molecule has 1 heterocycles. The van der Waals surface area contributed by atoms with E-state index < -0.39 is 0 Å². The monoisotopic (exact) mass is 278 g/mol. The fourth-order valence-corrected chi connectivity index (χ4v) is 4.68. The van der Waals surface area contributed by atoms with Crippen LogP contribution >= 0.6 is 23.5 Å². The second kappa shape index (κ2) is 7.05. The average molecular weight is 278 g/mol. The van der Waals surface area contributed by atoms with Gasteiger partial charge in [0, 0.05) is 6.42 Å². The highest BCUT2D eigenvalue weighted by Gasteiger charge is 2.18. The third-order valence-electron chi connectivity index (χ3n) is 2.87. The van der Waals surface area contributed by atoms with Gasteiger partial charge in [0.25, 0.3) is 0 Å². The first kappa shape index (κ1) is 13.8. The summed E-state index contributed by atoms with van der Waals surface area (Å²) in [6.07, 6.45) is 3.93. The Morgan fingerprint density at radius 2 is 1.94 bits per heavy atom. The van der Waals surface area contributed by atoms with Crippen LogP contribution in [-0.4, -0.2) is 21.9 Å². The maximum absolute atomic E-state index is 12.1. The van der Waals surface area contributed by atoms with Crippen LogP contribution in [0.15, 0.2) is 35.9 Å². The SMILES string of the molecule is CC(=Cc1ccccc1)C(=O)CC1SCCCS1. The predicted molar refractivity (Wildman–Crippen MR) is 83.0 cm³/mol. The smallest absolute Gasteiger partial charge is 0.160 e. The molecule has 0 aromatic heterocycles. The Bertz CT molecular complexity index is 419. The molecule has 18 heavy (non-hydrogen) atoms.